The van der Waals surface area contributed by atoms with Crippen LogP contribution in [0.25, 0.3) is 11.3 Å². The van der Waals surface area contributed by atoms with Crippen molar-refractivity contribution in [3.8, 4) is 11.3 Å². The van der Waals surface area contributed by atoms with E-state index in [1.165, 1.54) is 35.6 Å². The molecular weight excluding hydrogens is 435 g/mol. The minimum absolute atomic E-state index is 0.0235. The van der Waals surface area contributed by atoms with Gasteiger partial charge in [0, 0.05) is 29.5 Å². The van der Waals surface area contributed by atoms with Crippen LogP contribution in [0.15, 0.2) is 76.5 Å². The molecule has 0 saturated heterocycles. The summed E-state index contributed by atoms with van der Waals surface area (Å²) in [5, 5.41) is 22.4. The number of thiophene rings is 1. The first-order chi connectivity index (χ1) is 15.1. The lowest BCUT2D eigenvalue weighted by molar-refractivity contribution is -0.384. The first-order valence-corrected chi connectivity index (χ1v) is 11.2. The number of halogens is 1. The molecule has 0 N–H and O–H groups in total. The molecule has 0 spiro atoms. The zero-order chi connectivity index (χ0) is 21.4. The van der Waals surface area contributed by atoms with E-state index in [0.29, 0.717) is 22.8 Å². The largest absolute Gasteiger partial charge is 0.270 e. The summed E-state index contributed by atoms with van der Waals surface area (Å²) in [7, 11) is 0. The lowest BCUT2D eigenvalue weighted by Gasteiger charge is -2.21. The van der Waals surface area contributed by atoms with Crippen molar-refractivity contribution in [1.82, 2.24) is 4.98 Å². The molecular formula is C22H15FN4O2S2. The van der Waals surface area contributed by atoms with Crippen molar-refractivity contribution in [3.05, 3.63) is 97.8 Å². The molecule has 0 saturated carbocycles. The number of rotatable bonds is 5. The Balaban J connectivity index is 1.52. The Labute approximate surface area is 185 Å². The fourth-order valence-electron chi connectivity index (χ4n) is 3.50. The molecule has 4 aromatic rings. The number of nitro benzene ring substituents is 1. The number of non-ortho nitro benzene ring substituents is 1. The van der Waals surface area contributed by atoms with Gasteiger partial charge in [0.1, 0.15) is 5.82 Å². The van der Waals surface area contributed by atoms with Crippen LogP contribution in [0.2, 0.25) is 0 Å². The highest BCUT2D eigenvalue weighted by Crippen LogP contribution is 2.40. The number of nitrogens with zero attached hydrogens (tertiary/aromatic N) is 4. The predicted octanol–water partition coefficient (Wildman–Crippen LogP) is 6.27. The van der Waals surface area contributed by atoms with E-state index in [1.54, 1.807) is 35.6 Å². The van der Waals surface area contributed by atoms with Gasteiger partial charge in [0.05, 0.1) is 27.2 Å². The summed E-state index contributed by atoms with van der Waals surface area (Å²) in [5.74, 6) is -0.282. The Morgan fingerprint density at radius 1 is 1.10 bits per heavy atom. The molecule has 154 valence electrons. The maximum Gasteiger partial charge on any atom is 0.270 e. The van der Waals surface area contributed by atoms with Crippen molar-refractivity contribution < 1.29 is 9.31 Å². The maximum atomic E-state index is 13.5. The highest BCUT2D eigenvalue weighted by atomic mass is 32.1. The highest BCUT2D eigenvalue weighted by molar-refractivity contribution is 7.14. The molecule has 1 aliphatic rings. The summed E-state index contributed by atoms with van der Waals surface area (Å²) in [6.07, 6.45) is 0.678. The fourth-order valence-corrected chi connectivity index (χ4v) is 5.06. The lowest BCUT2D eigenvalue weighted by atomic mass is 10.0. The van der Waals surface area contributed by atoms with E-state index >= 15 is 0 Å². The smallest absolute Gasteiger partial charge is 0.258 e. The molecule has 31 heavy (non-hydrogen) atoms. The van der Waals surface area contributed by atoms with E-state index in [4.69, 9.17) is 10.1 Å². The van der Waals surface area contributed by atoms with Gasteiger partial charge in [0.2, 0.25) is 5.13 Å². The molecule has 2 aromatic carbocycles. The molecule has 9 heteroatoms. The van der Waals surface area contributed by atoms with Crippen molar-refractivity contribution in [3.63, 3.8) is 0 Å². The van der Waals surface area contributed by atoms with Gasteiger partial charge in [-0.15, -0.1) is 22.7 Å². The number of anilines is 1. The summed E-state index contributed by atoms with van der Waals surface area (Å²) in [4.78, 5) is 16.5. The van der Waals surface area contributed by atoms with Crippen LogP contribution in [0.3, 0.4) is 0 Å². The van der Waals surface area contributed by atoms with Gasteiger partial charge in [-0.05, 0) is 29.1 Å². The number of thiazole rings is 1. The highest BCUT2D eigenvalue weighted by Gasteiger charge is 2.32. The van der Waals surface area contributed by atoms with Crippen LogP contribution in [0.1, 0.15) is 22.9 Å². The second-order valence-corrected chi connectivity index (χ2v) is 8.75. The van der Waals surface area contributed by atoms with E-state index in [2.05, 4.69) is 0 Å². The van der Waals surface area contributed by atoms with E-state index in [1.807, 2.05) is 27.9 Å². The van der Waals surface area contributed by atoms with Crippen LogP contribution in [-0.2, 0) is 0 Å². The van der Waals surface area contributed by atoms with Crippen molar-refractivity contribution in [1.29, 1.82) is 0 Å². The maximum absolute atomic E-state index is 13.5. The summed E-state index contributed by atoms with van der Waals surface area (Å²) >= 11 is 3.05. The Hall–Kier alpha value is -3.43. The minimum atomic E-state index is -0.417. The van der Waals surface area contributed by atoms with Gasteiger partial charge < -0.3 is 0 Å². The topological polar surface area (TPSA) is 71.6 Å². The van der Waals surface area contributed by atoms with E-state index < -0.39 is 4.92 Å². The Bertz CT molecular complexity index is 1270. The van der Waals surface area contributed by atoms with E-state index in [0.717, 1.165) is 16.2 Å². The lowest BCUT2D eigenvalue weighted by Crippen LogP contribution is -2.18. The number of benzene rings is 2. The van der Waals surface area contributed by atoms with Crippen LogP contribution < -0.4 is 5.01 Å². The monoisotopic (exact) mass is 450 g/mol. The van der Waals surface area contributed by atoms with Crippen LogP contribution in [0, 0.1) is 15.9 Å². The molecule has 0 fully saturated rings. The number of nitro groups is 1. The van der Waals surface area contributed by atoms with Gasteiger partial charge in [0.25, 0.3) is 5.69 Å². The summed E-state index contributed by atoms with van der Waals surface area (Å²) in [6, 6.07) is 16.8. The number of aromatic nitrogens is 1. The molecule has 0 unspecified atom stereocenters. The van der Waals surface area contributed by atoms with Crippen LogP contribution in [0.5, 0.6) is 0 Å². The molecule has 5 rings (SSSR count). The molecule has 1 atom stereocenters. The average molecular weight is 451 g/mol. The van der Waals surface area contributed by atoms with Crippen molar-refractivity contribution in [2.24, 2.45) is 5.10 Å². The molecule has 3 heterocycles. The first-order valence-electron chi connectivity index (χ1n) is 9.45. The Morgan fingerprint density at radius 2 is 1.94 bits per heavy atom. The van der Waals surface area contributed by atoms with Crippen LogP contribution >= 0.6 is 22.7 Å². The third kappa shape index (κ3) is 3.85. The second-order valence-electron chi connectivity index (χ2n) is 6.96. The fraction of sp³-hybridized carbons (Fsp3) is 0.0909. The third-order valence-corrected chi connectivity index (χ3v) is 6.76. The van der Waals surface area contributed by atoms with Crippen LogP contribution in [0.4, 0.5) is 15.2 Å². The van der Waals surface area contributed by atoms with Gasteiger partial charge in [-0.3, -0.25) is 10.1 Å². The van der Waals surface area contributed by atoms with Crippen molar-refractivity contribution in [2.45, 2.75) is 12.5 Å². The number of hydrogen-bond acceptors (Lipinski definition) is 7. The van der Waals surface area contributed by atoms with Crippen molar-refractivity contribution >= 4 is 39.2 Å². The average Bonchev–Trinajstić information content (AvgIpc) is 3.54. The number of hydrogen-bond donors (Lipinski definition) is 0. The van der Waals surface area contributed by atoms with Crippen molar-refractivity contribution in [2.75, 3.05) is 5.01 Å². The molecule has 0 aliphatic carbocycles. The zero-order valence-electron chi connectivity index (χ0n) is 16.0. The van der Waals surface area contributed by atoms with Gasteiger partial charge >= 0.3 is 0 Å². The standard InChI is InChI=1S/C22H15FN4O2S2/c23-16-8-6-14(7-9-16)20-12-18(21-5-2-10-30-21)25-26(20)22-24-19(13-31-22)15-3-1-4-17(11-15)27(28)29/h1-11,13,20H,12H2/t20-/m0/s1. The van der Waals surface area contributed by atoms with Crippen LogP contribution in [-0.4, -0.2) is 15.6 Å². The predicted molar refractivity (Wildman–Crippen MR) is 121 cm³/mol. The van der Waals surface area contributed by atoms with Gasteiger partial charge in [-0.2, -0.15) is 5.10 Å². The van der Waals surface area contributed by atoms with Gasteiger partial charge in [-0.25, -0.2) is 14.4 Å². The van der Waals surface area contributed by atoms with Gasteiger partial charge in [0.15, 0.2) is 0 Å². The molecule has 6 nitrogen and oxygen atoms in total. The van der Waals surface area contributed by atoms with Gasteiger partial charge in [-0.1, -0.05) is 30.3 Å². The summed E-state index contributed by atoms with van der Waals surface area (Å²) in [6.45, 7) is 0. The second kappa shape index (κ2) is 8.01. The molecule has 2 aromatic heterocycles. The first kappa shape index (κ1) is 19.5. The normalized spacial score (nSPS) is 15.8. The minimum Gasteiger partial charge on any atom is -0.258 e. The Morgan fingerprint density at radius 3 is 2.68 bits per heavy atom. The zero-order valence-corrected chi connectivity index (χ0v) is 17.6. The quantitative estimate of drug-likeness (QED) is 0.265. The third-order valence-electron chi connectivity index (χ3n) is 5.01. The van der Waals surface area contributed by atoms with E-state index in [9.17, 15) is 14.5 Å². The molecule has 0 amide bonds. The SMILES string of the molecule is O=[N+]([O-])c1cccc(-c2csc(N3N=C(c4cccs4)C[C@H]3c3ccc(F)cc3)n2)c1. The molecule has 1 aliphatic heterocycles. The molecule has 0 bridgehead atoms. The summed E-state index contributed by atoms with van der Waals surface area (Å²) in [5.41, 5.74) is 3.26. The summed E-state index contributed by atoms with van der Waals surface area (Å²) < 4.78 is 13.5. The molecule has 0 radical (unpaired) electrons. The Kier molecular flexibility index (Phi) is 5.05. The number of hydrazone groups is 1. The van der Waals surface area contributed by atoms with E-state index in [-0.39, 0.29) is 17.5 Å².